The van der Waals surface area contributed by atoms with E-state index in [-0.39, 0.29) is 5.92 Å². The Kier molecular flexibility index (Phi) is 4.29. The van der Waals surface area contributed by atoms with Crippen molar-refractivity contribution in [3.8, 4) is 0 Å². The molecule has 15 heavy (non-hydrogen) atoms. The molecule has 0 saturated carbocycles. The minimum atomic E-state index is 0.117. The molecule has 1 rings (SSSR count). The van der Waals surface area contributed by atoms with Crippen LogP contribution in [0.25, 0.3) is 6.08 Å². The fourth-order valence-corrected chi connectivity index (χ4v) is 1.56. The van der Waals surface area contributed by atoms with Crippen LogP contribution in [-0.2, 0) is 4.79 Å². The number of allylic oxidation sites excluding steroid dienone is 1. The van der Waals surface area contributed by atoms with Gasteiger partial charge in [0.15, 0.2) is 0 Å². The van der Waals surface area contributed by atoms with Crippen molar-refractivity contribution in [3.05, 3.63) is 41.0 Å². The first-order valence-corrected chi connectivity index (χ1v) is 5.31. The first-order valence-electron chi connectivity index (χ1n) is 5.31. The van der Waals surface area contributed by atoms with Crippen molar-refractivity contribution in [2.45, 2.75) is 27.2 Å². The zero-order chi connectivity index (χ0) is 11.3. The van der Waals surface area contributed by atoms with Gasteiger partial charge in [0.25, 0.3) is 0 Å². The fraction of sp³-hybridized carbons (Fsp3) is 0.357. The van der Waals surface area contributed by atoms with Gasteiger partial charge in [0.05, 0.1) is 0 Å². The van der Waals surface area contributed by atoms with Gasteiger partial charge >= 0.3 is 0 Å². The predicted molar refractivity (Wildman–Crippen MR) is 64.7 cm³/mol. The number of benzene rings is 1. The normalized spacial score (nSPS) is 13.7. The summed E-state index contributed by atoms with van der Waals surface area (Å²) in [6.45, 7) is 6.09. The Morgan fingerprint density at radius 3 is 2.47 bits per heavy atom. The van der Waals surface area contributed by atoms with Gasteiger partial charge in [0.2, 0.25) is 0 Å². The van der Waals surface area contributed by atoms with Crippen molar-refractivity contribution in [2.75, 3.05) is 0 Å². The van der Waals surface area contributed by atoms with Crippen molar-refractivity contribution < 1.29 is 4.79 Å². The van der Waals surface area contributed by atoms with Gasteiger partial charge in [-0.2, -0.15) is 0 Å². The van der Waals surface area contributed by atoms with E-state index in [2.05, 4.69) is 44.2 Å². The Morgan fingerprint density at radius 2 is 1.93 bits per heavy atom. The maximum Gasteiger partial charge on any atom is 0.123 e. The van der Waals surface area contributed by atoms with Crippen LogP contribution in [0.2, 0.25) is 0 Å². The van der Waals surface area contributed by atoms with Crippen LogP contribution in [0, 0.1) is 12.8 Å². The van der Waals surface area contributed by atoms with Crippen molar-refractivity contribution in [1.82, 2.24) is 0 Å². The van der Waals surface area contributed by atoms with E-state index in [4.69, 9.17) is 0 Å². The highest BCUT2D eigenvalue weighted by Gasteiger charge is 2.00. The summed E-state index contributed by atoms with van der Waals surface area (Å²) in [5.74, 6) is 0.117. The Balaban J connectivity index is 2.69. The van der Waals surface area contributed by atoms with Gasteiger partial charge in [-0.3, -0.25) is 0 Å². The number of carbonyl (C=O) groups is 1. The molecule has 0 fully saturated rings. The van der Waals surface area contributed by atoms with Gasteiger partial charge in [-0.15, -0.1) is 0 Å². The lowest BCUT2D eigenvalue weighted by Gasteiger charge is -2.04. The topological polar surface area (TPSA) is 17.1 Å². The van der Waals surface area contributed by atoms with E-state index >= 15 is 0 Å². The summed E-state index contributed by atoms with van der Waals surface area (Å²) < 4.78 is 0. The lowest BCUT2D eigenvalue weighted by molar-refractivity contribution is -0.110. The Morgan fingerprint density at radius 1 is 1.33 bits per heavy atom. The SMILES string of the molecule is C/C(=C\c1ccc(C)cc1)CC(C)C=O. The smallest absolute Gasteiger partial charge is 0.123 e. The van der Waals surface area contributed by atoms with Crippen LogP contribution in [0.5, 0.6) is 0 Å². The predicted octanol–water partition coefficient (Wildman–Crippen LogP) is 3.62. The zero-order valence-electron chi connectivity index (χ0n) is 9.66. The number of rotatable bonds is 4. The second-order valence-electron chi connectivity index (χ2n) is 4.22. The highest BCUT2D eigenvalue weighted by atomic mass is 16.1. The molecule has 0 aliphatic carbocycles. The molecule has 1 aromatic rings. The molecule has 0 amide bonds. The lowest BCUT2D eigenvalue weighted by atomic mass is 10.0. The van der Waals surface area contributed by atoms with Crippen LogP contribution in [0.1, 0.15) is 31.4 Å². The molecule has 0 aromatic heterocycles. The van der Waals surface area contributed by atoms with Crippen LogP contribution >= 0.6 is 0 Å². The highest BCUT2D eigenvalue weighted by Crippen LogP contribution is 2.14. The summed E-state index contributed by atoms with van der Waals surface area (Å²) in [6.07, 6.45) is 3.99. The van der Waals surface area contributed by atoms with E-state index in [1.807, 2.05) is 6.92 Å². The molecule has 1 unspecified atom stereocenters. The van der Waals surface area contributed by atoms with Gasteiger partial charge in [-0.25, -0.2) is 0 Å². The van der Waals surface area contributed by atoms with E-state index in [9.17, 15) is 4.79 Å². The van der Waals surface area contributed by atoms with Gasteiger partial charge in [0, 0.05) is 5.92 Å². The standard InChI is InChI=1S/C14H18O/c1-11-4-6-14(7-5-11)9-12(2)8-13(3)10-15/h4-7,9-10,13H,8H2,1-3H3/b12-9+. The largest absolute Gasteiger partial charge is 0.303 e. The zero-order valence-corrected chi connectivity index (χ0v) is 9.66. The Bertz CT molecular complexity index is 346. The molecule has 0 N–H and O–H groups in total. The molecule has 1 nitrogen and oxygen atoms in total. The average Bonchev–Trinajstić information content (AvgIpc) is 2.21. The van der Waals surface area contributed by atoms with Crippen molar-refractivity contribution >= 4 is 12.4 Å². The summed E-state index contributed by atoms with van der Waals surface area (Å²) in [5.41, 5.74) is 3.72. The maximum absolute atomic E-state index is 10.5. The number of hydrogen-bond acceptors (Lipinski definition) is 1. The quantitative estimate of drug-likeness (QED) is 0.681. The third-order valence-electron chi connectivity index (χ3n) is 2.37. The van der Waals surface area contributed by atoms with E-state index in [1.165, 1.54) is 16.7 Å². The third-order valence-corrected chi connectivity index (χ3v) is 2.37. The lowest BCUT2D eigenvalue weighted by Crippen LogP contribution is -1.95. The minimum absolute atomic E-state index is 0.117. The number of aldehydes is 1. The molecule has 1 atom stereocenters. The molecule has 1 aromatic carbocycles. The summed E-state index contributed by atoms with van der Waals surface area (Å²) in [5, 5.41) is 0. The summed E-state index contributed by atoms with van der Waals surface area (Å²) in [7, 11) is 0. The molecule has 0 saturated heterocycles. The van der Waals surface area contributed by atoms with Crippen molar-refractivity contribution in [3.63, 3.8) is 0 Å². The minimum Gasteiger partial charge on any atom is -0.303 e. The maximum atomic E-state index is 10.5. The average molecular weight is 202 g/mol. The number of carbonyl (C=O) groups excluding carboxylic acids is 1. The summed E-state index contributed by atoms with van der Waals surface area (Å²) >= 11 is 0. The second-order valence-corrected chi connectivity index (χ2v) is 4.22. The van der Waals surface area contributed by atoms with E-state index < -0.39 is 0 Å². The molecule has 0 bridgehead atoms. The third kappa shape index (κ3) is 4.11. The molecular formula is C14H18O. The van der Waals surface area contributed by atoms with E-state index in [0.717, 1.165) is 12.7 Å². The van der Waals surface area contributed by atoms with Crippen LogP contribution in [-0.4, -0.2) is 6.29 Å². The van der Waals surface area contributed by atoms with Crippen LogP contribution in [0.15, 0.2) is 29.8 Å². The van der Waals surface area contributed by atoms with Crippen LogP contribution in [0.4, 0.5) is 0 Å². The molecule has 0 aliphatic heterocycles. The van der Waals surface area contributed by atoms with Crippen molar-refractivity contribution in [2.24, 2.45) is 5.92 Å². The fourth-order valence-electron chi connectivity index (χ4n) is 1.56. The molecule has 1 heteroatoms. The molecular weight excluding hydrogens is 184 g/mol. The highest BCUT2D eigenvalue weighted by molar-refractivity contribution is 5.57. The van der Waals surface area contributed by atoms with Crippen molar-refractivity contribution in [1.29, 1.82) is 0 Å². The van der Waals surface area contributed by atoms with Gasteiger partial charge in [-0.1, -0.05) is 48.4 Å². The molecule has 0 spiro atoms. The van der Waals surface area contributed by atoms with E-state index in [0.29, 0.717) is 0 Å². The first kappa shape index (κ1) is 11.7. The second kappa shape index (κ2) is 5.50. The number of hydrogen-bond donors (Lipinski definition) is 0. The van der Waals surface area contributed by atoms with Gasteiger partial charge < -0.3 is 4.79 Å². The van der Waals surface area contributed by atoms with Crippen LogP contribution in [0.3, 0.4) is 0 Å². The number of aryl methyl sites for hydroxylation is 1. The van der Waals surface area contributed by atoms with Gasteiger partial charge in [0.1, 0.15) is 6.29 Å². The first-order chi connectivity index (χ1) is 7.11. The molecule has 0 aliphatic rings. The Hall–Kier alpha value is -1.37. The van der Waals surface area contributed by atoms with E-state index in [1.54, 1.807) is 0 Å². The summed E-state index contributed by atoms with van der Waals surface area (Å²) in [6, 6.07) is 8.40. The molecule has 0 heterocycles. The van der Waals surface area contributed by atoms with Crippen LogP contribution < -0.4 is 0 Å². The monoisotopic (exact) mass is 202 g/mol. The molecule has 0 radical (unpaired) electrons. The molecule has 80 valence electrons. The Labute approximate surface area is 91.8 Å². The summed E-state index contributed by atoms with van der Waals surface area (Å²) in [4.78, 5) is 10.5. The van der Waals surface area contributed by atoms with Gasteiger partial charge in [-0.05, 0) is 25.8 Å².